The smallest absolute Gasteiger partial charge is 0.00673 e. The molecule has 1 fully saturated rings. The van der Waals surface area contributed by atoms with E-state index in [2.05, 4.69) is 11.8 Å². The first kappa shape index (κ1) is 11.0. The zero-order chi connectivity index (χ0) is 9.52. The second-order valence-corrected chi connectivity index (χ2v) is 4.23. The minimum absolute atomic E-state index is 0.752. The summed E-state index contributed by atoms with van der Waals surface area (Å²) in [6.45, 7) is 5.82. The van der Waals surface area contributed by atoms with Crippen molar-refractivity contribution in [3.8, 4) is 0 Å². The van der Waals surface area contributed by atoms with Crippen LogP contribution < -0.4 is 5.73 Å². The van der Waals surface area contributed by atoms with Gasteiger partial charge in [0, 0.05) is 6.04 Å². The quantitative estimate of drug-likeness (QED) is 0.724. The van der Waals surface area contributed by atoms with Crippen LogP contribution in [-0.2, 0) is 0 Å². The molecule has 1 heterocycles. The Morgan fingerprint density at radius 3 is 2.31 bits per heavy atom. The molecule has 1 rings (SSSR count). The van der Waals surface area contributed by atoms with E-state index in [-0.39, 0.29) is 0 Å². The molecule has 0 aliphatic carbocycles. The van der Waals surface area contributed by atoms with E-state index in [0.717, 1.165) is 12.6 Å². The third-order valence-electron chi connectivity index (χ3n) is 3.09. The van der Waals surface area contributed by atoms with Crippen LogP contribution in [-0.4, -0.2) is 30.6 Å². The van der Waals surface area contributed by atoms with Crippen molar-refractivity contribution in [1.29, 1.82) is 0 Å². The summed E-state index contributed by atoms with van der Waals surface area (Å²) in [4.78, 5) is 2.64. The molecular formula is C11H24N2. The summed E-state index contributed by atoms with van der Waals surface area (Å²) in [5.41, 5.74) is 5.52. The molecule has 1 aliphatic heterocycles. The van der Waals surface area contributed by atoms with Crippen molar-refractivity contribution in [3.63, 3.8) is 0 Å². The van der Waals surface area contributed by atoms with Crippen LogP contribution in [0.5, 0.6) is 0 Å². The van der Waals surface area contributed by atoms with Gasteiger partial charge < -0.3 is 10.6 Å². The van der Waals surface area contributed by atoms with E-state index >= 15 is 0 Å². The molecule has 0 spiro atoms. The first-order valence-corrected chi connectivity index (χ1v) is 5.78. The Kier molecular flexibility index (Phi) is 5.40. The number of nitrogens with two attached hydrogens (primary N) is 1. The average molecular weight is 184 g/mol. The minimum atomic E-state index is 0.752. The Labute approximate surface area is 82.5 Å². The molecule has 2 N–H and O–H groups in total. The van der Waals surface area contributed by atoms with E-state index in [4.69, 9.17) is 5.73 Å². The number of likely N-dealkylation sites (tertiary alicyclic amines) is 1. The van der Waals surface area contributed by atoms with E-state index in [1.165, 1.54) is 51.6 Å². The lowest BCUT2D eigenvalue weighted by molar-refractivity contribution is 0.205. The summed E-state index contributed by atoms with van der Waals surface area (Å²) >= 11 is 0. The topological polar surface area (TPSA) is 29.3 Å². The standard InChI is InChI=1S/C11H24N2/c1-11(7-6-8-12)13-9-4-2-3-5-10-13/h11H,2-10,12H2,1H3/t11-/m0/s1. The molecule has 1 atom stereocenters. The van der Waals surface area contributed by atoms with Gasteiger partial charge in [-0.3, -0.25) is 0 Å². The van der Waals surface area contributed by atoms with Crippen LogP contribution in [0.15, 0.2) is 0 Å². The highest BCUT2D eigenvalue weighted by Crippen LogP contribution is 2.14. The van der Waals surface area contributed by atoms with Crippen molar-refractivity contribution < 1.29 is 0 Å². The summed E-state index contributed by atoms with van der Waals surface area (Å²) in [6.07, 6.45) is 8.11. The molecule has 0 aromatic rings. The van der Waals surface area contributed by atoms with E-state index in [1.807, 2.05) is 0 Å². The third-order valence-corrected chi connectivity index (χ3v) is 3.09. The van der Waals surface area contributed by atoms with E-state index in [9.17, 15) is 0 Å². The van der Waals surface area contributed by atoms with Crippen LogP contribution in [0.1, 0.15) is 45.4 Å². The summed E-state index contributed by atoms with van der Waals surface area (Å²) in [5.74, 6) is 0. The van der Waals surface area contributed by atoms with Gasteiger partial charge in [-0.1, -0.05) is 12.8 Å². The first-order valence-electron chi connectivity index (χ1n) is 5.78. The molecule has 0 saturated carbocycles. The van der Waals surface area contributed by atoms with Gasteiger partial charge in [0.2, 0.25) is 0 Å². The van der Waals surface area contributed by atoms with Crippen LogP contribution in [0.25, 0.3) is 0 Å². The van der Waals surface area contributed by atoms with E-state index in [1.54, 1.807) is 0 Å². The minimum Gasteiger partial charge on any atom is -0.330 e. The Hall–Kier alpha value is -0.0800. The zero-order valence-electron chi connectivity index (χ0n) is 8.97. The molecule has 0 unspecified atom stereocenters. The number of rotatable bonds is 4. The summed E-state index contributed by atoms with van der Waals surface area (Å²) < 4.78 is 0. The zero-order valence-corrected chi connectivity index (χ0v) is 8.97. The summed E-state index contributed by atoms with van der Waals surface area (Å²) in [6, 6.07) is 0.752. The second kappa shape index (κ2) is 6.39. The lowest BCUT2D eigenvalue weighted by Crippen LogP contribution is -2.34. The molecule has 13 heavy (non-hydrogen) atoms. The molecule has 78 valence electrons. The predicted octanol–water partition coefficient (Wildman–Crippen LogP) is 1.99. The van der Waals surface area contributed by atoms with Gasteiger partial charge in [-0.05, 0) is 52.2 Å². The Bertz CT molecular complexity index is 117. The normalized spacial score (nSPS) is 22.6. The van der Waals surface area contributed by atoms with Crippen LogP contribution in [0.2, 0.25) is 0 Å². The summed E-state index contributed by atoms with van der Waals surface area (Å²) in [5, 5.41) is 0. The van der Waals surface area contributed by atoms with Crippen LogP contribution in [0, 0.1) is 0 Å². The van der Waals surface area contributed by atoms with Gasteiger partial charge in [0.25, 0.3) is 0 Å². The van der Waals surface area contributed by atoms with Crippen LogP contribution in [0.3, 0.4) is 0 Å². The fourth-order valence-corrected chi connectivity index (χ4v) is 2.13. The fraction of sp³-hybridized carbons (Fsp3) is 1.00. The van der Waals surface area contributed by atoms with Crippen molar-refractivity contribution in [2.45, 2.75) is 51.5 Å². The van der Waals surface area contributed by atoms with Crippen molar-refractivity contribution in [2.24, 2.45) is 5.73 Å². The Morgan fingerprint density at radius 1 is 1.15 bits per heavy atom. The SMILES string of the molecule is C[C@@H](CCCN)N1CCCCCC1. The van der Waals surface area contributed by atoms with Crippen molar-refractivity contribution >= 4 is 0 Å². The highest BCUT2D eigenvalue weighted by Gasteiger charge is 2.14. The van der Waals surface area contributed by atoms with Gasteiger partial charge in [0.1, 0.15) is 0 Å². The molecule has 0 amide bonds. The maximum absolute atomic E-state index is 5.52. The van der Waals surface area contributed by atoms with Gasteiger partial charge in [0.05, 0.1) is 0 Å². The average Bonchev–Trinajstić information content (AvgIpc) is 2.42. The molecule has 1 saturated heterocycles. The predicted molar refractivity (Wildman–Crippen MR) is 57.8 cm³/mol. The van der Waals surface area contributed by atoms with Crippen molar-refractivity contribution in [2.75, 3.05) is 19.6 Å². The second-order valence-electron chi connectivity index (χ2n) is 4.23. The lowest BCUT2D eigenvalue weighted by atomic mass is 10.1. The third kappa shape index (κ3) is 4.10. The van der Waals surface area contributed by atoms with E-state index in [0.29, 0.717) is 0 Å². The largest absolute Gasteiger partial charge is 0.330 e. The van der Waals surface area contributed by atoms with E-state index < -0.39 is 0 Å². The number of hydrogen-bond donors (Lipinski definition) is 1. The van der Waals surface area contributed by atoms with Gasteiger partial charge in [0.15, 0.2) is 0 Å². The van der Waals surface area contributed by atoms with Crippen LogP contribution >= 0.6 is 0 Å². The lowest BCUT2D eigenvalue weighted by Gasteiger charge is -2.27. The summed E-state index contributed by atoms with van der Waals surface area (Å²) in [7, 11) is 0. The maximum Gasteiger partial charge on any atom is 0.00673 e. The first-order chi connectivity index (χ1) is 6.34. The maximum atomic E-state index is 5.52. The van der Waals surface area contributed by atoms with Gasteiger partial charge in [-0.15, -0.1) is 0 Å². The molecule has 0 radical (unpaired) electrons. The molecule has 2 heteroatoms. The Morgan fingerprint density at radius 2 is 1.77 bits per heavy atom. The molecule has 2 nitrogen and oxygen atoms in total. The fourth-order valence-electron chi connectivity index (χ4n) is 2.13. The van der Waals surface area contributed by atoms with Crippen LogP contribution in [0.4, 0.5) is 0 Å². The molecule has 0 aromatic carbocycles. The van der Waals surface area contributed by atoms with Gasteiger partial charge >= 0.3 is 0 Å². The van der Waals surface area contributed by atoms with Gasteiger partial charge in [-0.2, -0.15) is 0 Å². The highest BCUT2D eigenvalue weighted by molar-refractivity contribution is 4.70. The number of hydrogen-bond acceptors (Lipinski definition) is 2. The molecule has 0 aromatic heterocycles. The number of nitrogens with zero attached hydrogens (tertiary/aromatic N) is 1. The molecule has 1 aliphatic rings. The Balaban J connectivity index is 2.22. The van der Waals surface area contributed by atoms with Crippen molar-refractivity contribution in [3.05, 3.63) is 0 Å². The highest BCUT2D eigenvalue weighted by atomic mass is 15.1. The monoisotopic (exact) mass is 184 g/mol. The molecular weight excluding hydrogens is 160 g/mol. The molecule has 0 bridgehead atoms. The van der Waals surface area contributed by atoms with Crippen molar-refractivity contribution in [1.82, 2.24) is 4.90 Å². The van der Waals surface area contributed by atoms with Gasteiger partial charge in [-0.25, -0.2) is 0 Å².